The van der Waals surface area contributed by atoms with E-state index in [0.717, 1.165) is 19.5 Å². The van der Waals surface area contributed by atoms with Gasteiger partial charge in [-0.05, 0) is 33.2 Å². The molecule has 0 rings (SSSR count). The standard InChI is InChI=1S/C13H27N3O2/c1-4-8-14-9-10-15-12(17)6-5-7-13(18)16-11(2)3/h11,14H,4-10H2,1-3H3,(H,15,17)(H,16,18). The summed E-state index contributed by atoms with van der Waals surface area (Å²) in [5.74, 6) is 0.0352. The molecule has 0 aliphatic rings. The third kappa shape index (κ3) is 11.4. The lowest BCUT2D eigenvalue weighted by molar-refractivity contribution is -0.122. The summed E-state index contributed by atoms with van der Waals surface area (Å²) in [7, 11) is 0. The van der Waals surface area contributed by atoms with E-state index in [0.29, 0.717) is 25.8 Å². The monoisotopic (exact) mass is 257 g/mol. The lowest BCUT2D eigenvalue weighted by Crippen LogP contribution is -2.32. The molecule has 0 heterocycles. The molecule has 0 bridgehead atoms. The summed E-state index contributed by atoms with van der Waals surface area (Å²) in [5.41, 5.74) is 0. The Labute approximate surface area is 110 Å². The number of hydrogen-bond acceptors (Lipinski definition) is 3. The second kappa shape index (κ2) is 11.0. The normalized spacial score (nSPS) is 10.4. The Balaban J connectivity index is 3.39. The summed E-state index contributed by atoms with van der Waals surface area (Å²) in [6.07, 6.45) is 2.53. The fourth-order valence-electron chi connectivity index (χ4n) is 1.48. The third-order valence-electron chi connectivity index (χ3n) is 2.31. The van der Waals surface area contributed by atoms with Crippen LogP contribution in [0.4, 0.5) is 0 Å². The maximum Gasteiger partial charge on any atom is 0.220 e. The van der Waals surface area contributed by atoms with Crippen LogP contribution in [0.2, 0.25) is 0 Å². The highest BCUT2D eigenvalue weighted by molar-refractivity contribution is 5.78. The molecule has 0 spiro atoms. The molecule has 0 aromatic heterocycles. The zero-order valence-electron chi connectivity index (χ0n) is 11.8. The Bertz CT molecular complexity index is 242. The van der Waals surface area contributed by atoms with E-state index in [1.54, 1.807) is 0 Å². The van der Waals surface area contributed by atoms with E-state index < -0.39 is 0 Å². The highest BCUT2D eigenvalue weighted by Gasteiger charge is 2.05. The van der Waals surface area contributed by atoms with Crippen molar-refractivity contribution in [1.29, 1.82) is 0 Å². The van der Waals surface area contributed by atoms with E-state index in [1.807, 2.05) is 13.8 Å². The SMILES string of the molecule is CCCNCCNC(=O)CCCC(=O)NC(C)C. The van der Waals surface area contributed by atoms with E-state index in [1.165, 1.54) is 0 Å². The molecule has 0 atom stereocenters. The molecule has 0 radical (unpaired) electrons. The zero-order valence-corrected chi connectivity index (χ0v) is 11.8. The number of nitrogens with one attached hydrogen (secondary N) is 3. The van der Waals surface area contributed by atoms with Gasteiger partial charge in [-0.25, -0.2) is 0 Å². The number of carbonyl (C=O) groups is 2. The minimum Gasteiger partial charge on any atom is -0.355 e. The Kier molecular flexibility index (Phi) is 10.3. The van der Waals surface area contributed by atoms with Gasteiger partial charge in [0, 0.05) is 32.0 Å². The minimum atomic E-state index is 0.0161. The summed E-state index contributed by atoms with van der Waals surface area (Å²) in [6.45, 7) is 8.38. The maximum atomic E-state index is 11.4. The van der Waals surface area contributed by atoms with E-state index in [-0.39, 0.29) is 17.9 Å². The summed E-state index contributed by atoms with van der Waals surface area (Å²) in [5, 5.41) is 8.83. The highest BCUT2D eigenvalue weighted by atomic mass is 16.2. The van der Waals surface area contributed by atoms with Gasteiger partial charge in [-0.3, -0.25) is 9.59 Å². The molecule has 0 saturated heterocycles. The van der Waals surface area contributed by atoms with Crippen molar-refractivity contribution in [1.82, 2.24) is 16.0 Å². The van der Waals surface area contributed by atoms with E-state index >= 15 is 0 Å². The topological polar surface area (TPSA) is 70.2 Å². The maximum absolute atomic E-state index is 11.4. The molecule has 0 saturated carbocycles. The van der Waals surface area contributed by atoms with Crippen LogP contribution < -0.4 is 16.0 Å². The molecule has 0 aliphatic carbocycles. The van der Waals surface area contributed by atoms with Gasteiger partial charge in [0.25, 0.3) is 0 Å². The van der Waals surface area contributed by atoms with E-state index in [2.05, 4.69) is 22.9 Å². The fraction of sp³-hybridized carbons (Fsp3) is 0.846. The Morgan fingerprint density at radius 1 is 1.00 bits per heavy atom. The van der Waals surface area contributed by atoms with Gasteiger partial charge in [-0.2, -0.15) is 0 Å². The molecule has 0 unspecified atom stereocenters. The molecule has 0 aliphatic heterocycles. The minimum absolute atomic E-state index is 0.0161. The summed E-state index contributed by atoms with van der Waals surface area (Å²) in [4.78, 5) is 22.7. The Morgan fingerprint density at radius 2 is 1.67 bits per heavy atom. The Morgan fingerprint density at radius 3 is 2.28 bits per heavy atom. The third-order valence-corrected chi connectivity index (χ3v) is 2.31. The lowest BCUT2D eigenvalue weighted by atomic mass is 10.2. The quantitative estimate of drug-likeness (QED) is 0.507. The van der Waals surface area contributed by atoms with Gasteiger partial charge in [-0.1, -0.05) is 6.92 Å². The lowest BCUT2D eigenvalue weighted by Gasteiger charge is -2.08. The highest BCUT2D eigenvalue weighted by Crippen LogP contribution is 1.95. The van der Waals surface area contributed by atoms with Crippen LogP contribution in [0.15, 0.2) is 0 Å². The van der Waals surface area contributed by atoms with Crippen molar-refractivity contribution in [3.63, 3.8) is 0 Å². The largest absolute Gasteiger partial charge is 0.355 e. The Hall–Kier alpha value is -1.10. The summed E-state index contributed by atoms with van der Waals surface area (Å²) >= 11 is 0. The number of rotatable bonds is 10. The van der Waals surface area contributed by atoms with Crippen LogP contribution in [0.5, 0.6) is 0 Å². The van der Waals surface area contributed by atoms with Gasteiger partial charge in [-0.15, -0.1) is 0 Å². The van der Waals surface area contributed by atoms with Crippen molar-refractivity contribution >= 4 is 11.8 Å². The van der Waals surface area contributed by atoms with Crippen molar-refractivity contribution in [2.24, 2.45) is 0 Å². The molecule has 0 fully saturated rings. The fourth-order valence-corrected chi connectivity index (χ4v) is 1.48. The average Bonchev–Trinajstić information content (AvgIpc) is 2.27. The van der Waals surface area contributed by atoms with Crippen LogP contribution in [0.3, 0.4) is 0 Å². The van der Waals surface area contributed by atoms with Gasteiger partial charge in [0.15, 0.2) is 0 Å². The first kappa shape index (κ1) is 16.9. The molecule has 0 aromatic carbocycles. The molecule has 18 heavy (non-hydrogen) atoms. The van der Waals surface area contributed by atoms with Gasteiger partial charge in [0.1, 0.15) is 0 Å². The van der Waals surface area contributed by atoms with Crippen LogP contribution >= 0.6 is 0 Å². The molecular weight excluding hydrogens is 230 g/mol. The first-order valence-corrected chi connectivity index (χ1v) is 6.83. The smallest absolute Gasteiger partial charge is 0.220 e. The molecular formula is C13H27N3O2. The predicted molar refractivity (Wildman–Crippen MR) is 73.3 cm³/mol. The predicted octanol–water partition coefficient (Wildman–Crippen LogP) is 0.797. The van der Waals surface area contributed by atoms with Crippen molar-refractivity contribution in [2.45, 2.75) is 52.5 Å². The van der Waals surface area contributed by atoms with Crippen LogP contribution in [-0.2, 0) is 9.59 Å². The first-order valence-electron chi connectivity index (χ1n) is 6.83. The summed E-state index contributed by atoms with van der Waals surface area (Å²) in [6, 6.07) is 0.163. The molecule has 0 aromatic rings. The van der Waals surface area contributed by atoms with Gasteiger partial charge >= 0.3 is 0 Å². The second-order valence-electron chi connectivity index (χ2n) is 4.68. The van der Waals surface area contributed by atoms with Gasteiger partial charge < -0.3 is 16.0 Å². The van der Waals surface area contributed by atoms with Crippen LogP contribution in [0.1, 0.15) is 46.5 Å². The molecule has 3 N–H and O–H groups in total. The molecule has 5 heteroatoms. The van der Waals surface area contributed by atoms with Crippen LogP contribution in [-0.4, -0.2) is 37.5 Å². The average molecular weight is 257 g/mol. The second-order valence-corrected chi connectivity index (χ2v) is 4.68. The van der Waals surface area contributed by atoms with Crippen molar-refractivity contribution in [3.05, 3.63) is 0 Å². The zero-order chi connectivity index (χ0) is 13.8. The van der Waals surface area contributed by atoms with Crippen molar-refractivity contribution in [3.8, 4) is 0 Å². The van der Waals surface area contributed by atoms with Gasteiger partial charge in [0.05, 0.1) is 0 Å². The van der Waals surface area contributed by atoms with Crippen LogP contribution in [0.25, 0.3) is 0 Å². The van der Waals surface area contributed by atoms with E-state index in [4.69, 9.17) is 0 Å². The molecule has 2 amide bonds. The van der Waals surface area contributed by atoms with Crippen molar-refractivity contribution < 1.29 is 9.59 Å². The first-order chi connectivity index (χ1) is 8.56. The van der Waals surface area contributed by atoms with Gasteiger partial charge in [0.2, 0.25) is 11.8 Å². The number of amides is 2. The molecule has 106 valence electrons. The van der Waals surface area contributed by atoms with E-state index in [9.17, 15) is 9.59 Å². The van der Waals surface area contributed by atoms with Crippen LogP contribution in [0, 0.1) is 0 Å². The molecule has 5 nitrogen and oxygen atoms in total. The summed E-state index contributed by atoms with van der Waals surface area (Å²) < 4.78 is 0. The number of carbonyl (C=O) groups excluding carboxylic acids is 2. The number of hydrogen-bond donors (Lipinski definition) is 3. The van der Waals surface area contributed by atoms with Crippen molar-refractivity contribution in [2.75, 3.05) is 19.6 Å².